The minimum Gasteiger partial charge on any atom is -0.398 e. The molecule has 0 fully saturated rings. The Labute approximate surface area is 130 Å². The molecular formula is C15H19ClN4O. The van der Waals surface area contributed by atoms with E-state index in [0.29, 0.717) is 5.56 Å². The van der Waals surface area contributed by atoms with Gasteiger partial charge in [0.05, 0.1) is 11.8 Å². The summed E-state index contributed by atoms with van der Waals surface area (Å²) >= 11 is 0. The Kier molecular flexibility index (Phi) is 4.53. The Morgan fingerprint density at radius 1 is 1.43 bits per heavy atom. The summed E-state index contributed by atoms with van der Waals surface area (Å²) in [5, 5.41) is 4.17. The van der Waals surface area contributed by atoms with Gasteiger partial charge in [-0.2, -0.15) is 5.10 Å². The van der Waals surface area contributed by atoms with Gasteiger partial charge < -0.3 is 10.6 Å². The molecule has 5 nitrogen and oxygen atoms in total. The number of carbonyl (C=O) groups excluding carboxylic acids is 1. The van der Waals surface area contributed by atoms with Crippen LogP contribution in [0.25, 0.3) is 0 Å². The number of nitrogen functional groups attached to an aromatic ring is 1. The van der Waals surface area contributed by atoms with Crippen molar-refractivity contribution in [3.05, 3.63) is 41.7 Å². The summed E-state index contributed by atoms with van der Waals surface area (Å²) < 4.78 is 1.76. The average Bonchev–Trinajstić information content (AvgIpc) is 2.95. The number of nitrogens with two attached hydrogens (primary N) is 1. The molecule has 0 bridgehead atoms. The molecule has 6 heteroatoms. The molecule has 0 unspecified atom stereocenters. The smallest absolute Gasteiger partial charge is 0.261 e. The molecule has 0 saturated carbocycles. The normalized spacial score (nSPS) is 13.5. The lowest BCUT2D eigenvalue weighted by Gasteiger charge is -2.30. The van der Waals surface area contributed by atoms with Crippen molar-refractivity contribution in [1.29, 1.82) is 0 Å². The molecule has 0 atom stereocenters. The van der Waals surface area contributed by atoms with Gasteiger partial charge in [0.2, 0.25) is 0 Å². The van der Waals surface area contributed by atoms with Gasteiger partial charge in [0.1, 0.15) is 0 Å². The third kappa shape index (κ3) is 2.74. The fourth-order valence-electron chi connectivity index (χ4n) is 2.67. The molecule has 0 saturated heterocycles. The zero-order valence-electron chi connectivity index (χ0n) is 12.0. The van der Waals surface area contributed by atoms with Crippen molar-refractivity contribution >= 4 is 29.7 Å². The molecule has 0 aliphatic carbocycles. The summed E-state index contributed by atoms with van der Waals surface area (Å²) in [5.74, 6) is -0.00347. The summed E-state index contributed by atoms with van der Waals surface area (Å²) in [6.07, 6.45) is 5.30. The van der Waals surface area contributed by atoms with Crippen LogP contribution in [0.15, 0.2) is 30.6 Å². The minimum absolute atomic E-state index is 0. The first kappa shape index (κ1) is 15.4. The van der Waals surface area contributed by atoms with E-state index in [1.807, 2.05) is 30.0 Å². The largest absolute Gasteiger partial charge is 0.398 e. The lowest BCUT2D eigenvalue weighted by Crippen LogP contribution is -2.35. The molecule has 1 aromatic heterocycles. The summed E-state index contributed by atoms with van der Waals surface area (Å²) in [5.41, 5.74) is 9.42. The van der Waals surface area contributed by atoms with E-state index < -0.39 is 0 Å². The predicted octanol–water partition coefficient (Wildman–Crippen LogP) is 2.50. The standard InChI is InChI=1S/C15H18N4O.ClH/c1-2-18-10-11(9-17-18)15(20)19-8-4-5-12-13(16)6-3-7-14(12)19;/h3,6-7,9-10H,2,4-5,8,16H2,1H3;1H. The molecule has 2 N–H and O–H groups in total. The Hall–Kier alpha value is -2.01. The number of fused-ring (bicyclic) bond motifs is 1. The van der Waals surface area contributed by atoms with Crippen molar-refractivity contribution < 1.29 is 4.79 Å². The van der Waals surface area contributed by atoms with Crippen LogP contribution in [0.1, 0.15) is 29.3 Å². The highest BCUT2D eigenvalue weighted by Gasteiger charge is 2.25. The SMILES string of the molecule is CCn1cc(C(=O)N2CCCc3c(N)cccc32)cn1.Cl. The number of halogens is 1. The zero-order valence-corrected chi connectivity index (χ0v) is 12.8. The average molecular weight is 307 g/mol. The summed E-state index contributed by atoms with van der Waals surface area (Å²) in [7, 11) is 0. The number of amides is 1. The number of anilines is 2. The molecule has 0 radical (unpaired) electrons. The second-order valence-corrected chi connectivity index (χ2v) is 4.99. The minimum atomic E-state index is -0.00347. The van der Waals surface area contributed by atoms with E-state index in [2.05, 4.69) is 5.10 Å². The Morgan fingerprint density at radius 3 is 2.95 bits per heavy atom. The zero-order chi connectivity index (χ0) is 14.1. The molecule has 2 aromatic rings. The first-order valence-corrected chi connectivity index (χ1v) is 6.92. The van der Waals surface area contributed by atoms with Gasteiger partial charge in [-0.25, -0.2) is 0 Å². The quantitative estimate of drug-likeness (QED) is 0.867. The van der Waals surface area contributed by atoms with Crippen molar-refractivity contribution in [2.24, 2.45) is 0 Å². The number of rotatable bonds is 2. The van der Waals surface area contributed by atoms with Crippen LogP contribution in [0, 0.1) is 0 Å². The Balaban J connectivity index is 0.00000161. The molecular weight excluding hydrogens is 288 g/mol. The van der Waals surface area contributed by atoms with Crippen LogP contribution in [0.3, 0.4) is 0 Å². The summed E-state index contributed by atoms with van der Waals surface area (Å²) in [6.45, 7) is 3.49. The lowest BCUT2D eigenvalue weighted by molar-refractivity contribution is 0.0985. The Bertz CT molecular complexity index is 653. The van der Waals surface area contributed by atoms with Gasteiger partial charge in [-0.05, 0) is 37.5 Å². The molecule has 2 heterocycles. The summed E-state index contributed by atoms with van der Waals surface area (Å²) in [6, 6.07) is 5.75. The van der Waals surface area contributed by atoms with E-state index in [9.17, 15) is 4.79 Å². The molecule has 1 amide bonds. The highest BCUT2D eigenvalue weighted by molar-refractivity contribution is 6.06. The van der Waals surface area contributed by atoms with Gasteiger partial charge in [0.15, 0.2) is 0 Å². The van der Waals surface area contributed by atoms with E-state index >= 15 is 0 Å². The van der Waals surface area contributed by atoms with Crippen molar-refractivity contribution in [1.82, 2.24) is 9.78 Å². The third-order valence-electron chi connectivity index (χ3n) is 3.74. The Morgan fingerprint density at radius 2 is 2.24 bits per heavy atom. The number of benzene rings is 1. The molecule has 0 spiro atoms. The number of aromatic nitrogens is 2. The van der Waals surface area contributed by atoms with E-state index in [0.717, 1.165) is 42.9 Å². The first-order valence-electron chi connectivity index (χ1n) is 6.92. The third-order valence-corrected chi connectivity index (χ3v) is 3.74. The fraction of sp³-hybridized carbons (Fsp3) is 0.333. The molecule has 1 aliphatic rings. The van der Waals surface area contributed by atoms with Gasteiger partial charge in [-0.15, -0.1) is 12.4 Å². The summed E-state index contributed by atoms with van der Waals surface area (Å²) in [4.78, 5) is 14.4. The monoisotopic (exact) mass is 306 g/mol. The van der Waals surface area contributed by atoms with E-state index in [1.165, 1.54) is 0 Å². The molecule has 1 aromatic carbocycles. The van der Waals surface area contributed by atoms with Gasteiger partial charge >= 0.3 is 0 Å². The molecule has 21 heavy (non-hydrogen) atoms. The maximum absolute atomic E-state index is 12.6. The van der Waals surface area contributed by atoms with Crippen LogP contribution in [0.4, 0.5) is 11.4 Å². The lowest BCUT2D eigenvalue weighted by atomic mass is 9.99. The predicted molar refractivity (Wildman–Crippen MR) is 86.0 cm³/mol. The highest BCUT2D eigenvalue weighted by atomic mass is 35.5. The maximum atomic E-state index is 12.6. The second-order valence-electron chi connectivity index (χ2n) is 4.99. The van der Waals surface area contributed by atoms with Gasteiger partial charge in [0.25, 0.3) is 5.91 Å². The number of hydrogen-bond donors (Lipinski definition) is 1. The van der Waals surface area contributed by atoms with E-state index in [1.54, 1.807) is 17.1 Å². The van der Waals surface area contributed by atoms with Crippen molar-refractivity contribution in [2.45, 2.75) is 26.3 Å². The first-order chi connectivity index (χ1) is 9.70. The number of aryl methyl sites for hydroxylation is 1. The van der Waals surface area contributed by atoms with Crippen LogP contribution in [0.5, 0.6) is 0 Å². The van der Waals surface area contributed by atoms with Gasteiger partial charge in [-0.3, -0.25) is 9.48 Å². The van der Waals surface area contributed by atoms with Crippen LogP contribution >= 0.6 is 12.4 Å². The van der Waals surface area contributed by atoms with E-state index in [4.69, 9.17) is 5.73 Å². The number of hydrogen-bond acceptors (Lipinski definition) is 3. The fourth-order valence-corrected chi connectivity index (χ4v) is 2.67. The van der Waals surface area contributed by atoms with Crippen molar-refractivity contribution in [2.75, 3.05) is 17.2 Å². The molecule has 3 rings (SSSR count). The van der Waals surface area contributed by atoms with Crippen LogP contribution in [-0.4, -0.2) is 22.2 Å². The number of carbonyl (C=O) groups is 1. The highest BCUT2D eigenvalue weighted by Crippen LogP contribution is 2.32. The van der Waals surface area contributed by atoms with E-state index in [-0.39, 0.29) is 18.3 Å². The topological polar surface area (TPSA) is 64.2 Å². The van der Waals surface area contributed by atoms with Crippen LogP contribution in [-0.2, 0) is 13.0 Å². The molecule has 1 aliphatic heterocycles. The van der Waals surface area contributed by atoms with Crippen LogP contribution in [0.2, 0.25) is 0 Å². The van der Waals surface area contributed by atoms with Crippen molar-refractivity contribution in [3.8, 4) is 0 Å². The second kappa shape index (κ2) is 6.18. The van der Waals surface area contributed by atoms with Crippen molar-refractivity contribution in [3.63, 3.8) is 0 Å². The molecule has 112 valence electrons. The maximum Gasteiger partial charge on any atom is 0.261 e. The van der Waals surface area contributed by atoms with Crippen LogP contribution < -0.4 is 10.6 Å². The van der Waals surface area contributed by atoms with Gasteiger partial charge in [-0.1, -0.05) is 6.07 Å². The van der Waals surface area contributed by atoms with Gasteiger partial charge in [0, 0.05) is 30.7 Å². The number of nitrogens with zero attached hydrogens (tertiary/aromatic N) is 3.